The van der Waals surface area contributed by atoms with Crippen molar-refractivity contribution < 1.29 is 19.4 Å². The number of carboxylic acids is 1. The van der Waals surface area contributed by atoms with E-state index in [9.17, 15) is 9.59 Å². The van der Waals surface area contributed by atoms with Gasteiger partial charge in [-0.3, -0.25) is 4.90 Å². The third-order valence-corrected chi connectivity index (χ3v) is 8.92. The summed E-state index contributed by atoms with van der Waals surface area (Å²) in [4.78, 5) is 40.1. The molecule has 0 bridgehead atoms. The van der Waals surface area contributed by atoms with Crippen LogP contribution in [-0.2, 0) is 6.54 Å². The smallest absolute Gasteiger partial charge is 0.335 e. The fourth-order valence-corrected chi connectivity index (χ4v) is 6.87. The normalized spacial score (nSPS) is 21.1. The highest BCUT2D eigenvalue weighted by Gasteiger charge is 2.45. The van der Waals surface area contributed by atoms with Crippen molar-refractivity contribution in [3.63, 3.8) is 0 Å². The summed E-state index contributed by atoms with van der Waals surface area (Å²) < 4.78 is 5.66. The van der Waals surface area contributed by atoms with Crippen LogP contribution in [-0.4, -0.2) is 73.5 Å². The van der Waals surface area contributed by atoms with Gasteiger partial charge in [0, 0.05) is 56.2 Å². The van der Waals surface area contributed by atoms with E-state index in [0.29, 0.717) is 11.8 Å². The zero-order chi connectivity index (χ0) is 26.8. The molecule has 1 aromatic carbocycles. The molecule has 3 aromatic rings. The van der Waals surface area contributed by atoms with Crippen molar-refractivity contribution in [2.45, 2.75) is 63.2 Å². The number of aromatic nitrogens is 2. The number of aromatic carboxylic acids is 1. The molecule has 204 valence electrons. The molecule has 0 radical (unpaired) electrons. The van der Waals surface area contributed by atoms with Gasteiger partial charge in [-0.25, -0.2) is 19.6 Å². The maximum Gasteiger partial charge on any atom is 0.335 e. The van der Waals surface area contributed by atoms with Crippen molar-refractivity contribution in [3.05, 3.63) is 70.2 Å². The van der Waals surface area contributed by atoms with E-state index >= 15 is 0 Å². The zero-order valence-electron chi connectivity index (χ0n) is 21.8. The molecule has 1 N–H and O–H groups in total. The molecule has 10 heteroatoms. The summed E-state index contributed by atoms with van der Waals surface area (Å²) in [6, 6.07) is 9.60. The molecule has 4 heterocycles. The molecule has 2 saturated heterocycles. The van der Waals surface area contributed by atoms with E-state index in [1.807, 2.05) is 0 Å². The number of amides is 2. The van der Waals surface area contributed by atoms with Crippen LogP contribution in [0.5, 0.6) is 11.8 Å². The van der Waals surface area contributed by atoms with Crippen LogP contribution in [0.15, 0.2) is 53.5 Å². The topological polar surface area (TPSA) is 99.1 Å². The number of benzene rings is 1. The fourth-order valence-electron chi connectivity index (χ4n) is 6.16. The predicted molar refractivity (Wildman–Crippen MR) is 147 cm³/mol. The van der Waals surface area contributed by atoms with Crippen molar-refractivity contribution in [2.75, 3.05) is 19.6 Å². The number of likely N-dealkylation sites (tertiary alicyclic amines) is 1. The van der Waals surface area contributed by atoms with Crippen LogP contribution in [0.4, 0.5) is 4.79 Å². The lowest BCUT2D eigenvalue weighted by atomic mass is 10.00. The lowest BCUT2D eigenvalue weighted by molar-refractivity contribution is 0.0696. The molecular weight excluding hydrogens is 514 g/mol. The van der Waals surface area contributed by atoms with Gasteiger partial charge in [0.2, 0.25) is 0 Å². The summed E-state index contributed by atoms with van der Waals surface area (Å²) in [5.74, 6) is -0.495. The van der Waals surface area contributed by atoms with Gasteiger partial charge in [0.25, 0.3) is 0 Å². The zero-order valence-corrected chi connectivity index (χ0v) is 22.6. The summed E-state index contributed by atoms with van der Waals surface area (Å²) in [6.07, 6.45) is 10.2. The molecule has 9 nitrogen and oxygen atoms in total. The lowest BCUT2D eigenvalue weighted by Crippen LogP contribution is -2.47. The van der Waals surface area contributed by atoms with Crippen molar-refractivity contribution in [1.29, 1.82) is 0 Å². The Hall–Kier alpha value is -3.50. The maximum absolute atomic E-state index is 13.7. The van der Waals surface area contributed by atoms with Crippen LogP contribution in [0.3, 0.4) is 0 Å². The molecule has 0 spiro atoms. The number of urea groups is 1. The molecule has 1 atom stereocenters. The summed E-state index contributed by atoms with van der Waals surface area (Å²) in [7, 11) is 0. The van der Waals surface area contributed by atoms with Crippen LogP contribution in [0.25, 0.3) is 0 Å². The summed E-state index contributed by atoms with van der Waals surface area (Å²) in [6.45, 7) is 3.40. The van der Waals surface area contributed by atoms with Crippen LogP contribution < -0.4 is 4.74 Å². The first kappa shape index (κ1) is 25.8. The van der Waals surface area contributed by atoms with E-state index in [1.54, 1.807) is 35.9 Å². The van der Waals surface area contributed by atoms with E-state index < -0.39 is 5.97 Å². The Morgan fingerprint density at radius 1 is 1.00 bits per heavy atom. The molecule has 1 saturated carbocycles. The van der Waals surface area contributed by atoms with Gasteiger partial charge in [0.15, 0.2) is 0 Å². The number of carboxylic acid groups (broad SMARTS) is 1. The van der Waals surface area contributed by atoms with Gasteiger partial charge < -0.3 is 19.6 Å². The lowest BCUT2D eigenvalue weighted by Gasteiger charge is -2.39. The van der Waals surface area contributed by atoms with Crippen LogP contribution >= 0.6 is 11.3 Å². The first-order chi connectivity index (χ1) is 19.0. The van der Waals surface area contributed by atoms with Gasteiger partial charge in [-0.2, -0.15) is 11.3 Å². The molecule has 2 aliphatic heterocycles. The monoisotopic (exact) mass is 547 g/mol. The minimum Gasteiger partial charge on any atom is -0.478 e. The number of hydrogen-bond donors (Lipinski definition) is 1. The highest BCUT2D eigenvalue weighted by molar-refractivity contribution is 7.08. The van der Waals surface area contributed by atoms with E-state index in [4.69, 9.17) is 9.84 Å². The highest BCUT2D eigenvalue weighted by atomic mass is 32.1. The quantitative estimate of drug-likeness (QED) is 0.402. The van der Waals surface area contributed by atoms with Crippen LogP contribution in [0, 0.1) is 0 Å². The van der Waals surface area contributed by atoms with Gasteiger partial charge in [-0.1, -0.05) is 12.8 Å². The standard InChI is InChI=1S/C29H33N5O4S/c35-27(36)21-5-7-25(8-6-21)38-28-30-15-20(16-31-28)17-32-12-9-24(10-13-32)34-26(22-11-14-39-19-22)18-33(29(34)37)23-3-1-2-4-23/h5-8,11,14-16,19,23-24,26H,1-4,9-10,12-13,17-18H2,(H,35,36). The Morgan fingerprint density at radius 3 is 2.36 bits per heavy atom. The van der Waals surface area contributed by atoms with E-state index in [2.05, 4.69) is 41.5 Å². The number of thiophene rings is 1. The number of rotatable bonds is 8. The first-order valence-electron chi connectivity index (χ1n) is 13.7. The van der Waals surface area contributed by atoms with Crippen molar-refractivity contribution in [1.82, 2.24) is 24.7 Å². The average molecular weight is 548 g/mol. The molecule has 1 aliphatic carbocycles. The predicted octanol–water partition coefficient (Wildman–Crippen LogP) is 5.41. The average Bonchev–Trinajstić information content (AvgIpc) is 3.73. The molecule has 39 heavy (non-hydrogen) atoms. The van der Waals surface area contributed by atoms with Crippen molar-refractivity contribution in [3.8, 4) is 11.8 Å². The molecule has 3 fully saturated rings. The summed E-state index contributed by atoms with van der Waals surface area (Å²) in [5, 5.41) is 13.3. The van der Waals surface area contributed by atoms with E-state index in [0.717, 1.165) is 57.4 Å². The Balaban J connectivity index is 1.05. The number of piperidine rings is 1. The minimum atomic E-state index is -0.980. The molecule has 2 amide bonds. The van der Waals surface area contributed by atoms with Gasteiger partial charge >= 0.3 is 18.0 Å². The van der Waals surface area contributed by atoms with Gasteiger partial charge in [0.05, 0.1) is 11.6 Å². The number of ether oxygens (including phenoxy) is 1. The number of nitrogens with zero attached hydrogens (tertiary/aromatic N) is 5. The van der Waals surface area contributed by atoms with Crippen LogP contribution in [0.2, 0.25) is 0 Å². The Bertz CT molecular complexity index is 1270. The van der Waals surface area contributed by atoms with Gasteiger partial charge in [-0.15, -0.1) is 0 Å². The number of carbonyl (C=O) groups excluding carboxylic acids is 1. The summed E-state index contributed by atoms with van der Waals surface area (Å²) >= 11 is 1.71. The Labute approximate surface area is 232 Å². The third kappa shape index (κ3) is 5.62. The van der Waals surface area contributed by atoms with Crippen LogP contribution in [0.1, 0.15) is 66.1 Å². The fraction of sp³-hybridized carbons (Fsp3) is 0.448. The number of hydrogen-bond acceptors (Lipinski definition) is 7. The van der Waals surface area contributed by atoms with Crippen molar-refractivity contribution in [2.24, 2.45) is 0 Å². The molecule has 1 unspecified atom stereocenters. The van der Waals surface area contributed by atoms with Crippen molar-refractivity contribution >= 4 is 23.3 Å². The molecule has 6 rings (SSSR count). The molecular formula is C29H33N5O4S. The number of carbonyl (C=O) groups is 2. The van der Waals surface area contributed by atoms with E-state index in [1.165, 1.54) is 30.5 Å². The highest BCUT2D eigenvalue weighted by Crippen LogP contribution is 2.39. The largest absolute Gasteiger partial charge is 0.478 e. The molecule has 2 aromatic heterocycles. The third-order valence-electron chi connectivity index (χ3n) is 8.21. The summed E-state index contributed by atoms with van der Waals surface area (Å²) in [5.41, 5.74) is 2.47. The van der Waals surface area contributed by atoms with Gasteiger partial charge in [-0.05, 0) is 72.3 Å². The van der Waals surface area contributed by atoms with Gasteiger partial charge in [0.1, 0.15) is 5.75 Å². The Kier molecular flexibility index (Phi) is 7.47. The maximum atomic E-state index is 13.7. The van der Waals surface area contributed by atoms with E-state index in [-0.39, 0.29) is 29.7 Å². The second kappa shape index (κ2) is 11.3. The SMILES string of the molecule is O=C(O)c1ccc(Oc2ncc(CN3CCC(N4C(=O)N(C5CCCC5)CC4c4ccsc4)CC3)cn2)cc1. The first-order valence-corrected chi connectivity index (χ1v) is 14.6. The minimum absolute atomic E-state index is 0.155. The second-order valence-electron chi connectivity index (χ2n) is 10.7. The Morgan fingerprint density at radius 2 is 1.72 bits per heavy atom. The second-order valence-corrected chi connectivity index (χ2v) is 11.4. The molecule has 3 aliphatic rings.